The zero-order valence-electron chi connectivity index (χ0n) is 11.2. The van der Waals surface area contributed by atoms with Crippen LogP contribution in [0.5, 0.6) is 0 Å². The van der Waals surface area contributed by atoms with Crippen LogP contribution in [-0.2, 0) is 13.5 Å². The molecule has 0 fully saturated rings. The summed E-state index contributed by atoms with van der Waals surface area (Å²) in [7, 11) is 3.64. The second-order valence-corrected chi connectivity index (χ2v) is 4.45. The summed E-state index contributed by atoms with van der Waals surface area (Å²) in [5.74, 6) is -1.67. The largest absolute Gasteiger partial charge is 0.309 e. The van der Waals surface area contributed by atoms with E-state index in [9.17, 15) is 8.78 Å². The smallest absolute Gasteiger partial charge is 0.159 e. The number of aromatic nitrogens is 2. The Morgan fingerprint density at radius 3 is 2.63 bits per heavy atom. The lowest BCUT2D eigenvalue weighted by atomic mass is 9.98. The molecule has 0 spiro atoms. The van der Waals surface area contributed by atoms with Gasteiger partial charge < -0.3 is 5.32 Å². The van der Waals surface area contributed by atoms with Gasteiger partial charge in [-0.2, -0.15) is 5.10 Å². The molecule has 0 bridgehead atoms. The van der Waals surface area contributed by atoms with E-state index in [2.05, 4.69) is 10.4 Å². The van der Waals surface area contributed by atoms with Gasteiger partial charge in [-0.3, -0.25) is 4.68 Å². The fourth-order valence-corrected chi connectivity index (χ4v) is 2.26. The van der Waals surface area contributed by atoms with Gasteiger partial charge >= 0.3 is 0 Å². The summed E-state index contributed by atoms with van der Waals surface area (Å²) in [4.78, 5) is 0. The lowest BCUT2D eigenvalue weighted by Gasteiger charge is -2.16. The molecule has 1 heterocycles. The SMILES string of the molecule is CCc1nn(C)cc1C(NC)c1ccc(F)c(F)c1. The number of nitrogens with zero attached hydrogens (tertiary/aromatic N) is 2. The first kappa shape index (κ1) is 13.7. The molecule has 2 rings (SSSR count). The third-order valence-corrected chi connectivity index (χ3v) is 3.15. The molecule has 0 amide bonds. The summed E-state index contributed by atoms with van der Waals surface area (Å²) < 4.78 is 28.1. The number of aryl methyl sites for hydroxylation is 2. The van der Waals surface area contributed by atoms with Crippen molar-refractivity contribution in [3.05, 3.63) is 52.9 Å². The molecule has 3 nitrogen and oxygen atoms in total. The topological polar surface area (TPSA) is 29.9 Å². The Balaban J connectivity index is 2.46. The first-order valence-electron chi connectivity index (χ1n) is 6.21. The summed E-state index contributed by atoms with van der Waals surface area (Å²) in [5, 5.41) is 7.50. The van der Waals surface area contributed by atoms with E-state index in [0.29, 0.717) is 5.56 Å². The third kappa shape index (κ3) is 2.66. The van der Waals surface area contributed by atoms with Gasteiger partial charge in [-0.15, -0.1) is 0 Å². The van der Waals surface area contributed by atoms with Crippen LogP contribution < -0.4 is 5.32 Å². The lowest BCUT2D eigenvalue weighted by molar-refractivity contribution is 0.505. The third-order valence-electron chi connectivity index (χ3n) is 3.15. The highest BCUT2D eigenvalue weighted by atomic mass is 19.2. The minimum absolute atomic E-state index is 0.196. The molecule has 102 valence electrons. The first-order chi connectivity index (χ1) is 9.06. The zero-order chi connectivity index (χ0) is 14.0. The molecule has 1 aromatic heterocycles. The predicted octanol–water partition coefficient (Wildman–Crippen LogP) is 2.57. The highest BCUT2D eigenvalue weighted by Gasteiger charge is 2.19. The van der Waals surface area contributed by atoms with Crippen molar-refractivity contribution in [2.45, 2.75) is 19.4 Å². The Kier molecular flexibility index (Phi) is 3.95. The van der Waals surface area contributed by atoms with Gasteiger partial charge in [-0.1, -0.05) is 13.0 Å². The number of halogens is 2. The molecule has 0 saturated heterocycles. The quantitative estimate of drug-likeness (QED) is 0.920. The zero-order valence-corrected chi connectivity index (χ0v) is 11.2. The Bertz CT molecular complexity index is 578. The van der Waals surface area contributed by atoms with Crippen LogP contribution in [-0.4, -0.2) is 16.8 Å². The molecule has 1 unspecified atom stereocenters. The molecule has 0 saturated carbocycles. The van der Waals surface area contributed by atoms with Crippen LogP contribution in [0, 0.1) is 11.6 Å². The molecule has 0 aliphatic rings. The Hall–Kier alpha value is -1.75. The summed E-state index contributed by atoms with van der Waals surface area (Å²) in [6.07, 6.45) is 2.69. The average Bonchev–Trinajstić information content (AvgIpc) is 2.76. The molecule has 1 aromatic carbocycles. The van der Waals surface area contributed by atoms with Crippen molar-refractivity contribution >= 4 is 0 Å². The van der Waals surface area contributed by atoms with Crippen molar-refractivity contribution in [3.63, 3.8) is 0 Å². The molecule has 1 atom stereocenters. The Morgan fingerprint density at radius 1 is 1.32 bits per heavy atom. The van der Waals surface area contributed by atoms with Gasteiger partial charge in [-0.25, -0.2) is 8.78 Å². The number of benzene rings is 1. The highest BCUT2D eigenvalue weighted by Crippen LogP contribution is 2.25. The van der Waals surface area contributed by atoms with E-state index in [1.54, 1.807) is 17.8 Å². The minimum Gasteiger partial charge on any atom is -0.309 e. The van der Waals surface area contributed by atoms with Crippen molar-refractivity contribution in [2.24, 2.45) is 7.05 Å². The number of hydrogen-bond donors (Lipinski definition) is 1. The fourth-order valence-electron chi connectivity index (χ4n) is 2.26. The van der Waals surface area contributed by atoms with Crippen LogP contribution in [0.25, 0.3) is 0 Å². The van der Waals surface area contributed by atoms with E-state index in [0.717, 1.165) is 23.7 Å². The maximum absolute atomic E-state index is 13.4. The van der Waals surface area contributed by atoms with Gasteiger partial charge in [0, 0.05) is 18.8 Å². The maximum Gasteiger partial charge on any atom is 0.159 e. The second kappa shape index (κ2) is 5.48. The van der Waals surface area contributed by atoms with Crippen LogP contribution in [0.3, 0.4) is 0 Å². The molecule has 2 aromatic rings. The van der Waals surface area contributed by atoms with Crippen LogP contribution in [0.1, 0.15) is 29.8 Å². The van der Waals surface area contributed by atoms with E-state index in [1.807, 2.05) is 20.2 Å². The van der Waals surface area contributed by atoms with Crippen molar-refractivity contribution in [1.82, 2.24) is 15.1 Å². The van der Waals surface area contributed by atoms with Gasteiger partial charge in [0.2, 0.25) is 0 Å². The molecule has 5 heteroatoms. The summed E-state index contributed by atoms with van der Waals surface area (Å²) in [6, 6.07) is 3.77. The van der Waals surface area contributed by atoms with Crippen LogP contribution >= 0.6 is 0 Å². The molecule has 0 aliphatic carbocycles. The predicted molar refractivity (Wildman–Crippen MR) is 69.8 cm³/mol. The van der Waals surface area contributed by atoms with Crippen LogP contribution in [0.4, 0.5) is 8.78 Å². The molecule has 0 radical (unpaired) electrons. The Labute approximate surface area is 111 Å². The normalized spacial score (nSPS) is 12.7. The lowest BCUT2D eigenvalue weighted by Crippen LogP contribution is -2.18. The van der Waals surface area contributed by atoms with E-state index in [4.69, 9.17) is 0 Å². The van der Waals surface area contributed by atoms with Crippen molar-refractivity contribution in [1.29, 1.82) is 0 Å². The van der Waals surface area contributed by atoms with Gasteiger partial charge in [0.25, 0.3) is 0 Å². The van der Waals surface area contributed by atoms with Crippen LogP contribution in [0.2, 0.25) is 0 Å². The van der Waals surface area contributed by atoms with E-state index < -0.39 is 11.6 Å². The van der Waals surface area contributed by atoms with Gasteiger partial charge in [0.15, 0.2) is 11.6 Å². The van der Waals surface area contributed by atoms with Crippen LogP contribution in [0.15, 0.2) is 24.4 Å². The van der Waals surface area contributed by atoms with Gasteiger partial charge in [-0.05, 0) is 31.2 Å². The van der Waals surface area contributed by atoms with Crippen molar-refractivity contribution in [3.8, 4) is 0 Å². The number of nitrogens with one attached hydrogen (secondary N) is 1. The summed E-state index contributed by atoms with van der Waals surface area (Å²) in [5.41, 5.74) is 2.62. The Morgan fingerprint density at radius 2 is 2.05 bits per heavy atom. The fraction of sp³-hybridized carbons (Fsp3) is 0.357. The summed E-state index contributed by atoms with van der Waals surface area (Å²) >= 11 is 0. The molecular weight excluding hydrogens is 248 g/mol. The van der Waals surface area contributed by atoms with E-state index in [1.165, 1.54) is 6.07 Å². The number of rotatable bonds is 4. The number of hydrogen-bond acceptors (Lipinski definition) is 2. The van der Waals surface area contributed by atoms with Crippen molar-refractivity contribution < 1.29 is 8.78 Å². The molecular formula is C14H17F2N3. The second-order valence-electron chi connectivity index (χ2n) is 4.45. The highest BCUT2D eigenvalue weighted by molar-refractivity contribution is 5.33. The average molecular weight is 265 g/mol. The van der Waals surface area contributed by atoms with Gasteiger partial charge in [0.05, 0.1) is 11.7 Å². The standard InChI is InChI=1S/C14H17F2N3/c1-4-13-10(8-19(3)18-13)14(17-2)9-5-6-11(15)12(16)7-9/h5-8,14,17H,4H2,1-3H3. The molecule has 0 aliphatic heterocycles. The molecule has 19 heavy (non-hydrogen) atoms. The van der Waals surface area contributed by atoms with E-state index in [-0.39, 0.29) is 6.04 Å². The van der Waals surface area contributed by atoms with Gasteiger partial charge in [0.1, 0.15) is 0 Å². The monoisotopic (exact) mass is 265 g/mol. The maximum atomic E-state index is 13.4. The minimum atomic E-state index is -0.834. The summed E-state index contributed by atoms with van der Waals surface area (Å²) in [6.45, 7) is 2.02. The molecule has 1 N–H and O–H groups in total. The first-order valence-corrected chi connectivity index (χ1v) is 6.21. The van der Waals surface area contributed by atoms with Crippen molar-refractivity contribution in [2.75, 3.05) is 7.05 Å². The van der Waals surface area contributed by atoms with E-state index >= 15 is 0 Å².